The van der Waals surface area contributed by atoms with Crippen LogP contribution in [0.4, 0.5) is 0 Å². The second-order valence-corrected chi connectivity index (χ2v) is 7.26. The summed E-state index contributed by atoms with van der Waals surface area (Å²) in [6, 6.07) is 5.48. The first-order valence-corrected chi connectivity index (χ1v) is 8.29. The van der Waals surface area contributed by atoms with Crippen LogP contribution in [0.3, 0.4) is 0 Å². The van der Waals surface area contributed by atoms with E-state index in [9.17, 15) is 18.1 Å². The summed E-state index contributed by atoms with van der Waals surface area (Å²) in [4.78, 5) is 0. The summed E-state index contributed by atoms with van der Waals surface area (Å²) in [5.41, 5.74) is 0.865. The van der Waals surface area contributed by atoms with Gasteiger partial charge in [-0.1, -0.05) is 6.07 Å². The van der Waals surface area contributed by atoms with Crippen LogP contribution in [-0.2, 0) is 16.7 Å². The van der Waals surface area contributed by atoms with E-state index in [1.807, 2.05) is 26.2 Å². The first-order chi connectivity index (χ1) is 10.1. The molecule has 1 aromatic rings. The maximum Gasteiger partial charge on any atom is 0.169 e. The SMILES string of the molecule is COc1cccc(C[N+](C)(C)CC(O)CS(=O)(=O)[O-])c1OC. The highest BCUT2D eigenvalue weighted by Gasteiger charge is 2.25. The van der Waals surface area contributed by atoms with Crippen molar-refractivity contribution >= 4 is 10.1 Å². The number of aliphatic hydroxyl groups excluding tert-OH is 1. The number of hydrogen-bond donors (Lipinski definition) is 1. The summed E-state index contributed by atoms with van der Waals surface area (Å²) in [5.74, 6) is 0.411. The van der Waals surface area contributed by atoms with Gasteiger partial charge in [-0.2, -0.15) is 0 Å². The van der Waals surface area contributed by atoms with Gasteiger partial charge < -0.3 is 23.6 Å². The van der Waals surface area contributed by atoms with E-state index in [4.69, 9.17) is 9.47 Å². The number of benzene rings is 1. The van der Waals surface area contributed by atoms with E-state index >= 15 is 0 Å². The summed E-state index contributed by atoms with van der Waals surface area (Å²) >= 11 is 0. The molecule has 0 spiro atoms. The number of rotatable bonds is 8. The molecule has 1 unspecified atom stereocenters. The zero-order valence-electron chi connectivity index (χ0n) is 13.3. The minimum Gasteiger partial charge on any atom is -0.748 e. The summed E-state index contributed by atoms with van der Waals surface area (Å²) in [5, 5.41) is 9.77. The van der Waals surface area contributed by atoms with Crippen LogP contribution in [0, 0.1) is 0 Å². The molecule has 0 aliphatic heterocycles. The Hall–Kier alpha value is -1.35. The van der Waals surface area contributed by atoms with Gasteiger partial charge in [0, 0.05) is 0 Å². The smallest absolute Gasteiger partial charge is 0.169 e. The van der Waals surface area contributed by atoms with Gasteiger partial charge in [-0.05, 0) is 12.1 Å². The largest absolute Gasteiger partial charge is 0.748 e. The Morgan fingerprint density at radius 1 is 1.27 bits per heavy atom. The minimum atomic E-state index is -4.45. The number of aliphatic hydroxyl groups is 1. The van der Waals surface area contributed by atoms with Gasteiger partial charge in [0.15, 0.2) is 11.5 Å². The Morgan fingerprint density at radius 2 is 1.91 bits per heavy atom. The number of ether oxygens (including phenoxy) is 2. The van der Waals surface area contributed by atoms with E-state index < -0.39 is 22.0 Å². The molecule has 1 N–H and O–H groups in total. The molecule has 8 heteroatoms. The predicted molar refractivity (Wildman–Crippen MR) is 80.8 cm³/mol. The van der Waals surface area contributed by atoms with Gasteiger partial charge in [0.05, 0.1) is 49.7 Å². The summed E-state index contributed by atoms with van der Waals surface area (Å²) in [7, 11) is 2.31. The fourth-order valence-electron chi connectivity index (χ4n) is 2.46. The van der Waals surface area contributed by atoms with Crippen molar-refractivity contribution in [1.29, 1.82) is 0 Å². The zero-order chi connectivity index (χ0) is 17.0. The van der Waals surface area contributed by atoms with Crippen molar-refractivity contribution in [2.45, 2.75) is 12.6 Å². The van der Waals surface area contributed by atoms with E-state index in [0.717, 1.165) is 5.56 Å². The number of methoxy groups -OCH3 is 2. The Kier molecular flexibility index (Phi) is 6.18. The van der Waals surface area contributed by atoms with Gasteiger partial charge in [-0.15, -0.1) is 0 Å². The Labute approximate surface area is 131 Å². The lowest BCUT2D eigenvalue weighted by Gasteiger charge is -2.32. The van der Waals surface area contributed by atoms with E-state index in [-0.39, 0.29) is 6.54 Å². The molecule has 22 heavy (non-hydrogen) atoms. The monoisotopic (exact) mass is 333 g/mol. The average molecular weight is 333 g/mol. The van der Waals surface area contributed by atoms with Crippen molar-refractivity contribution in [3.8, 4) is 11.5 Å². The molecule has 126 valence electrons. The number of nitrogens with zero attached hydrogens (tertiary/aromatic N) is 1. The third-order valence-corrected chi connectivity index (χ3v) is 3.98. The van der Waals surface area contributed by atoms with Gasteiger partial charge in [-0.25, -0.2) is 8.42 Å². The standard InChI is InChI=1S/C14H23NO6S/c1-15(2,9-12(16)10-22(17,18)19)8-11-6-5-7-13(20-3)14(11)21-4/h5-7,12,16H,8-10H2,1-4H3. The Balaban J connectivity index is 2.88. The molecule has 0 radical (unpaired) electrons. The maximum absolute atomic E-state index is 10.7. The molecule has 0 aromatic heterocycles. The second kappa shape index (κ2) is 7.28. The molecule has 0 aliphatic rings. The average Bonchev–Trinajstić information content (AvgIpc) is 2.34. The third-order valence-electron chi connectivity index (χ3n) is 3.18. The van der Waals surface area contributed by atoms with Crippen molar-refractivity contribution in [3.05, 3.63) is 23.8 Å². The van der Waals surface area contributed by atoms with E-state index in [0.29, 0.717) is 22.5 Å². The van der Waals surface area contributed by atoms with Crippen LogP contribution in [0.25, 0.3) is 0 Å². The van der Waals surface area contributed by atoms with Crippen LogP contribution in [0.15, 0.2) is 18.2 Å². The van der Waals surface area contributed by atoms with Gasteiger partial charge >= 0.3 is 0 Å². The highest BCUT2D eigenvalue weighted by molar-refractivity contribution is 7.85. The summed E-state index contributed by atoms with van der Waals surface area (Å²) in [6.07, 6.45) is -1.21. The third kappa shape index (κ3) is 5.80. The lowest BCUT2D eigenvalue weighted by Crippen LogP contribution is -2.46. The topological polar surface area (TPSA) is 95.9 Å². The molecule has 0 saturated heterocycles. The molecule has 0 heterocycles. The molecular formula is C14H23NO6S. The number of para-hydroxylation sites is 1. The van der Waals surface area contributed by atoms with Gasteiger partial charge in [0.2, 0.25) is 0 Å². The van der Waals surface area contributed by atoms with Gasteiger partial charge in [0.1, 0.15) is 19.2 Å². The van der Waals surface area contributed by atoms with Crippen LogP contribution in [0.5, 0.6) is 11.5 Å². The zero-order valence-corrected chi connectivity index (χ0v) is 14.1. The molecule has 0 fully saturated rings. The number of hydrogen-bond acceptors (Lipinski definition) is 6. The van der Waals surface area contributed by atoms with Crippen molar-refractivity contribution in [3.63, 3.8) is 0 Å². The first-order valence-electron chi connectivity index (χ1n) is 6.71. The lowest BCUT2D eigenvalue weighted by atomic mass is 10.1. The molecule has 0 saturated carbocycles. The second-order valence-electron chi connectivity index (χ2n) is 5.81. The summed E-state index contributed by atoms with van der Waals surface area (Å²) < 4.78 is 43.0. The molecular weight excluding hydrogens is 310 g/mol. The molecule has 1 aromatic carbocycles. The lowest BCUT2D eigenvalue weighted by molar-refractivity contribution is -0.906. The van der Waals surface area contributed by atoms with Gasteiger partial charge in [-0.3, -0.25) is 0 Å². The van der Waals surface area contributed by atoms with Crippen molar-refractivity contribution < 1.29 is 32.0 Å². The van der Waals surface area contributed by atoms with E-state index in [2.05, 4.69) is 0 Å². The number of quaternary nitrogens is 1. The van der Waals surface area contributed by atoms with Crippen molar-refractivity contribution in [2.24, 2.45) is 0 Å². The van der Waals surface area contributed by atoms with Crippen molar-refractivity contribution in [1.82, 2.24) is 0 Å². The maximum atomic E-state index is 10.7. The van der Waals surface area contributed by atoms with Crippen LogP contribution in [0.1, 0.15) is 5.56 Å². The fourth-order valence-corrected chi connectivity index (χ4v) is 3.04. The highest BCUT2D eigenvalue weighted by atomic mass is 32.2. The van der Waals surface area contributed by atoms with E-state index in [1.54, 1.807) is 20.3 Å². The first kappa shape index (κ1) is 18.7. The predicted octanol–water partition coefficient (Wildman–Crippen LogP) is 0.186. The van der Waals surface area contributed by atoms with Crippen LogP contribution < -0.4 is 9.47 Å². The Morgan fingerprint density at radius 3 is 2.41 bits per heavy atom. The Bertz CT molecular complexity index is 599. The number of likely N-dealkylation sites (N-methyl/N-ethyl adjacent to an activating group) is 1. The van der Waals surface area contributed by atoms with Crippen LogP contribution in [0.2, 0.25) is 0 Å². The molecule has 0 aliphatic carbocycles. The van der Waals surface area contributed by atoms with Crippen LogP contribution >= 0.6 is 0 Å². The quantitative estimate of drug-likeness (QED) is 0.539. The molecule has 7 nitrogen and oxygen atoms in total. The van der Waals surface area contributed by atoms with Gasteiger partial charge in [0.25, 0.3) is 0 Å². The van der Waals surface area contributed by atoms with Crippen LogP contribution in [-0.4, -0.2) is 69.3 Å². The van der Waals surface area contributed by atoms with Crippen molar-refractivity contribution in [2.75, 3.05) is 40.6 Å². The minimum absolute atomic E-state index is 0.127. The molecule has 0 bridgehead atoms. The highest BCUT2D eigenvalue weighted by Crippen LogP contribution is 2.32. The van der Waals surface area contributed by atoms with E-state index in [1.165, 1.54) is 0 Å². The fraction of sp³-hybridized carbons (Fsp3) is 0.571. The molecule has 1 rings (SSSR count). The molecule has 0 amide bonds. The summed E-state index contributed by atoms with van der Waals surface area (Å²) in [6.45, 7) is 0.609. The molecule has 1 atom stereocenters. The normalized spacial score (nSPS) is 13.7.